The molecule has 1 saturated carbocycles. The number of hydrogen-bond donors (Lipinski definition) is 1. The molecule has 2 aliphatic heterocycles. The molecule has 2 aromatic carbocycles. The lowest BCUT2D eigenvalue weighted by Crippen LogP contribution is -2.60. The number of para-hydroxylation sites is 1. The number of alkyl halides is 2. The van der Waals surface area contributed by atoms with Gasteiger partial charge in [-0.25, -0.2) is 26.9 Å². The van der Waals surface area contributed by atoms with Crippen LogP contribution in [0, 0.1) is 46.8 Å². The van der Waals surface area contributed by atoms with Crippen molar-refractivity contribution in [3.63, 3.8) is 0 Å². The summed E-state index contributed by atoms with van der Waals surface area (Å²) in [7, 11) is 0. The van der Waals surface area contributed by atoms with Gasteiger partial charge in [0, 0.05) is 18.0 Å². The van der Waals surface area contributed by atoms with Crippen LogP contribution < -0.4 is 4.90 Å². The van der Waals surface area contributed by atoms with Crippen LogP contribution in [0.2, 0.25) is 0 Å². The molecule has 0 aromatic heterocycles. The van der Waals surface area contributed by atoms with Gasteiger partial charge in [-0.3, -0.25) is 24.1 Å². The topological polar surface area (TPSA) is 95.0 Å². The lowest BCUT2D eigenvalue weighted by molar-refractivity contribution is -0.140. The Morgan fingerprint density at radius 2 is 1.58 bits per heavy atom. The number of allylic oxidation sites excluding steroid dienone is 3. The first-order valence-corrected chi connectivity index (χ1v) is 14.7. The highest BCUT2D eigenvalue weighted by Crippen LogP contribution is 2.66. The summed E-state index contributed by atoms with van der Waals surface area (Å²) >= 11 is 14.1. The fourth-order valence-corrected chi connectivity index (χ4v) is 8.38. The van der Waals surface area contributed by atoms with Gasteiger partial charge < -0.3 is 5.11 Å². The standard InChI is InChI=1S/C31H23Cl2F5N2O5/c1-3-6-12-7-5-8-15(25(12)41)18-13-9-10-14-17(27(43)39(4-2)26(14)42)16(13)11-30(32)28(44)40(29(45)31(18,30)33)24-22(37)20(35)19(34)21(36)23(24)38/h3,5,7-9,14,16-18,41H,1,4,6,10-11H2,2H3. The summed E-state index contributed by atoms with van der Waals surface area (Å²) in [6.07, 6.45) is 2.60. The molecule has 1 N–H and O–H groups in total. The molecule has 2 saturated heterocycles. The van der Waals surface area contributed by atoms with Gasteiger partial charge >= 0.3 is 0 Å². The second-order valence-electron chi connectivity index (χ2n) is 11.5. The van der Waals surface area contributed by atoms with Gasteiger partial charge in [-0.05, 0) is 37.7 Å². The summed E-state index contributed by atoms with van der Waals surface area (Å²) in [4.78, 5) is 50.5. The van der Waals surface area contributed by atoms with Crippen molar-refractivity contribution >= 4 is 52.5 Å². The highest BCUT2D eigenvalue weighted by atomic mass is 35.5. The number of halogens is 7. The summed E-state index contributed by atoms with van der Waals surface area (Å²) in [5.74, 6) is -21.4. The predicted molar refractivity (Wildman–Crippen MR) is 151 cm³/mol. The van der Waals surface area contributed by atoms with Gasteiger partial charge in [0.05, 0.1) is 11.8 Å². The van der Waals surface area contributed by atoms with E-state index in [1.807, 2.05) is 0 Å². The molecule has 236 valence electrons. The SMILES string of the molecule is C=CCc1cccc(C2C3=CCC4C(=O)N(CC)C(=O)C4C3CC3(Cl)C(=O)N(c4c(F)c(F)c(F)c(F)c4F)C(=O)C23Cl)c1O. The maximum Gasteiger partial charge on any atom is 0.258 e. The number of fused-ring (bicyclic) bond motifs is 4. The molecule has 2 aromatic rings. The summed E-state index contributed by atoms with van der Waals surface area (Å²) in [6, 6.07) is 4.43. The van der Waals surface area contributed by atoms with Crippen molar-refractivity contribution in [3.8, 4) is 5.75 Å². The minimum absolute atomic E-state index is 0.0208. The lowest BCUT2D eigenvalue weighted by Gasteiger charge is -2.50. The van der Waals surface area contributed by atoms with Crippen molar-refractivity contribution in [1.82, 2.24) is 4.90 Å². The van der Waals surface area contributed by atoms with Gasteiger partial charge in [0.2, 0.25) is 17.6 Å². The van der Waals surface area contributed by atoms with Crippen LogP contribution >= 0.6 is 23.2 Å². The van der Waals surface area contributed by atoms with Crippen molar-refractivity contribution in [3.05, 3.63) is 82.7 Å². The van der Waals surface area contributed by atoms with E-state index in [4.69, 9.17) is 23.2 Å². The molecule has 4 aliphatic rings. The van der Waals surface area contributed by atoms with E-state index < -0.39 is 98.2 Å². The third-order valence-corrected chi connectivity index (χ3v) is 10.9. The number of amides is 4. The van der Waals surface area contributed by atoms with Crippen LogP contribution in [0.3, 0.4) is 0 Å². The third-order valence-electron chi connectivity index (χ3n) is 9.45. The van der Waals surface area contributed by atoms with E-state index in [0.29, 0.717) is 5.56 Å². The molecule has 3 fully saturated rings. The number of anilines is 1. The molecule has 7 nitrogen and oxygen atoms in total. The molecule has 0 spiro atoms. The maximum absolute atomic E-state index is 15.1. The monoisotopic (exact) mass is 668 g/mol. The summed E-state index contributed by atoms with van der Waals surface area (Å²) in [5.41, 5.74) is -1.34. The number of carbonyl (C=O) groups excluding carboxylic acids is 4. The number of phenols is 1. The third kappa shape index (κ3) is 3.81. The zero-order valence-corrected chi connectivity index (χ0v) is 24.9. The Kier molecular flexibility index (Phi) is 7.20. The van der Waals surface area contributed by atoms with E-state index in [2.05, 4.69) is 6.58 Å². The van der Waals surface area contributed by atoms with E-state index >= 15 is 8.78 Å². The minimum atomic E-state index is -2.71. The number of aromatic hydroxyl groups is 1. The number of imide groups is 2. The average molecular weight is 669 g/mol. The Labute approximate surface area is 262 Å². The molecule has 6 atom stereocenters. The van der Waals surface area contributed by atoms with Gasteiger partial charge in [0.25, 0.3) is 11.8 Å². The Balaban J connectivity index is 1.63. The predicted octanol–water partition coefficient (Wildman–Crippen LogP) is 5.40. The Morgan fingerprint density at radius 3 is 2.18 bits per heavy atom. The quantitative estimate of drug-likeness (QED) is 0.115. The zero-order chi connectivity index (χ0) is 32.9. The normalized spacial score (nSPS) is 30.8. The summed E-state index contributed by atoms with van der Waals surface area (Å²) in [5, 5.41) is 11.4. The minimum Gasteiger partial charge on any atom is -0.507 e. The van der Waals surface area contributed by atoms with Crippen LogP contribution in [-0.4, -0.2) is 49.9 Å². The van der Waals surface area contributed by atoms with Gasteiger partial charge in [0.15, 0.2) is 33.0 Å². The number of rotatable bonds is 5. The van der Waals surface area contributed by atoms with Crippen LogP contribution in [-0.2, 0) is 25.6 Å². The molecule has 14 heteroatoms. The summed E-state index contributed by atoms with van der Waals surface area (Å²) < 4.78 is 72.8. The zero-order valence-electron chi connectivity index (χ0n) is 23.4. The number of likely N-dealkylation sites (tertiary alicyclic amines) is 1. The van der Waals surface area contributed by atoms with Crippen molar-refractivity contribution in [1.29, 1.82) is 0 Å². The van der Waals surface area contributed by atoms with Gasteiger partial charge in [-0.1, -0.05) is 35.9 Å². The van der Waals surface area contributed by atoms with Crippen LogP contribution in [0.4, 0.5) is 27.6 Å². The van der Waals surface area contributed by atoms with E-state index in [-0.39, 0.29) is 41.2 Å². The Hall–Kier alpha value is -3.77. The smallest absolute Gasteiger partial charge is 0.258 e. The van der Waals surface area contributed by atoms with Crippen LogP contribution in [0.5, 0.6) is 5.75 Å². The van der Waals surface area contributed by atoms with Crippen molar-refractivity contribution in [2.75, 3.05) is 11.4 Å². The molecule has 0 bridgehead atoms. The first kappa shape index (κ1) is 31.2. The number of benzene rings is 2. The molecular formula is C31H23Cl2F5N2O5. The second kappa shape index (κ2) is 10.4. The number of carbonyl (C=O) groups is 4. The van der Waals surface area contributed by atoms with Crippen LogP contribution in [0.25, 0.3) is 0 Å². The Morgan fingerprint density at radius 1 is 0.956 bits per heavy atom. The molecule has 6 rings (SSSR count). The number of hydrogen-bond acceptors (Lipinski definition) is 5. The van der Waals surface area contributed by atoms with Crippen molar-refractivity contribution in [2.24, 2.45) is 17.8 Å². The van der Waals surface area contributed by atoms with E-state index in [9.17, 15) is 37.5 Å². The van der Waals surface area contributed by atoms with Gasteiger partial charge in [-0.2, -0.15) is 0 Å². The number of phenolic OH excluding ortho intramolecular Hbond substituents is 1. The molecule has 45 heavy (non-hydrogen) atoms. The van der Waals surface area contributed by atoms with Gasteiger partial charge in [-0.15, -0.1) is 29.8 Å². The molecular weight excluding hydrogens is 646 g/mol. The number of nitrogens with zero attached hydrogens (tertiary/aromatic N) is 2. The molecule has 6 unspecified atom stereocenters. The Bertz CT molecular complexity index is 1760. The highest BCUT2D eigenvalue weighted by Gasteiger charge is 2.77. The van der Waals surface area contributed by atoms with Crippen molar-refractivity contribution in [2.45, 2.75) is 41.9 Å². The summed E-state index contributed by atoms with van der Waals surface area (Å²) in [6.45, 7) is 5.30. The van der Waals surface area contributed by atoms with Crippen LogP contribution in [0.15, 0.2) is 42.5 Å². The van der Waals surface area contributed by atoms with E-state index in [0.717, 1.165) is 4.90 Å². The van der Waals surface area contributed by atoms with E-state index in [1.165, 1.54) is 18.2 Å². The largest absolute Gasteiger partial charge is 0.507 e. The highest BCUT2D eigenvalue weighted by molar-refractivity contribution is 6.58. The first-order chi connectivity index (χ1) is 21.2. The van der Waals surface area contributed by atoms with E-state index in [1.54, 1.807) is 19.1 Å². The maximum atomic E-state index is 15.1. The molecule has 4 amide bonds. The second-order valence-corrected chi connectivity index (χ2v) is 12.7. The molecule has 2 heterocycles. The van der Waals surface area contributed by atoms with Crippen molar-refractivity contribution < 1.29 is 46.2 Å². The average Bonchev–Trinajstić information content (AvgIpc) is 3.34. The first-order valence-electron chi connectivity index (χ1n) is 13.9. The molecule has 2 aliphatic carbocycles. The fraction of sp³-hybridized carbons (Fsp3) is 0.355. The van der Waals surface area contributed by atoms with Gasteiger partial charge in [0.1, 0.15) is 11.4 Å². The lowest BCUT2D eigenvalue weighted by atomic mass is 9.56. The fourth-order valence-electron chi connectivity index (χ4n) is 7.45. The van der Waals surface area contributed by atoms with Crippen LogP contribution in [0.1, 0.15) is 36.8 Å². The molecule has 0 radical (unpaired) electrons.